The monoisotopic (exact) mass is 402 g/mol. The van der Waals surface area contributed by atoms with E-state index >= 15 is 0 Å². The fraction of sp³-hybridized carbons (Fsp3) is 0.200. The van der Waals surface area contributed by atoms with Crippen LogP contribution in [0.2, 0.25) is 0 Å². The van der Waals surface area contributed by atoms with Crippen molar-refractivity contribution in [1.82, 2.24) is 30.0 Å². The molecule has 30 heavy (non-hydrogen) atoms. The molecule has 0 radical (unpaired) electrons. The van der Waals surface area contributed by atoms with Gasteiger partial charge in [0.1, 0.15) is 6.33 Å². The molecule has 1 fully saturated rings. The molecule has 1 aromatic carbocycles. The maximum atomic E-state index is 12.6. The Morgan fingerprint density at radius 2 is 1.90 bits per heavy atom. The molecule has 1 amide bonds. The van der Waals surface area contributed by atoms with Crippen molar-refractivity contribution in [3.05, 3.63) is 60.6 Å². The molecule has 1 N–H and O–H groups in total. The third kappa shape index (κ3) is 3.67. The van der Waals surface area contributed by atoms with Crippen LogP contribution in [0.25, 0.3) is 16.9 Å². The molecule has 0 spiro atoms. The van der Waals surface area contributed by atoms with Crippen molar-refractivity contribution in [3.8, 4) is 11.3 Å². The molecule has 4 aromatic rings. The van der Waals surface area contributed by atoms with Crippen LogP contribution in [0, 0.1) is 0 Å². The number of hydrogen-bond acceptors (Lipinski definition) is 8. The van der Waals surface area contributed by atoms with Gasteiger partial charge in [0.15, 0.2) is 17.2 Å². The lowest BCUT2D eigenvalue weighted by Crippen LogP contribution is -2.37. The number of morpholine rings is 1. The van der Waals surface area contributed by atoms with E-state index in [4.69, 9.17) is 4.74 Å². The van der Waals surface area contributed by atoms with Gasteiger partial charge in [-0.1, -0.05) is 12.1 Å². The minimum Gasteiger partial charge on any atom is -0.378 e. The van der Waals surface area contributed by atoms with Crippen LogP contribution < -0.4 is 10.2 Å². The van der Waals surface area contributed by atoms with Gasteiger partial charge in [-0.15, -0.1) is 20.4 Å². The van der Waals surface area contributed by atoms with Crippen molar-refractivity contribution in [1.29, 1.82) is 0 Å². The van der Waals surface area contributed by atoms with E-state index in [1.807, 2.05) is 42.5 Å². The average Bonchev–Trinajstić information content (AvgIpc) is 3.28. The molecule has 10 nitrogen and oxygen atoms in total. The fourth-order valence-electron chi connectivity index (χ4n) is 3.24. The van der Waals surface area contributed by atoms with Gasteiger partial charge >= 0.3 is 0 Å². The quantitative estimate of drug-likeness (QED) is 0.549. The number of rotatable bonds is 4. The highest BCUT2D eigenvalue weighted by Gasteiger charge is 2.15. The molecule has 0 unspecified atom stereocenters. The van der Waals surface area contributed by atoms with Gasteiger partial charge in [-0.25, -0.2) is 0 Å². The van der Waals surface area contributed by atoms with E-state index in [9.17, 15) is 4.79 Å². The van der Waals surface area contributed by atoms with Crippen molar-refractivity contribution < 1.29 is 9.53 Å². The SMILES string of the molecule is O=C(Nc1cccc(-c2ccc3nncn3n2)c1)c1ccc(N2CCOCC2)nn1. The van der Waals surface area contributed by atoms with E-state index in [-0.39, 0.29) is 11.6 Å². The van der Waals surface area contributed by atoms with Crippen LogP contribution in [-0.2, 0) is 4.74 Å². The maximum Gasteiger partial charge on any atom is 0.276 e. The minimum atomic E-state index is -0.324. The Bertz CT molecular complexity index is 1180. The van der Waals surface area contributed by atoms with Crippen LogP contribution in [0.4, 0.5) is 11.5 Å². The standard InChI is InChI=1S/C20H18N8O2/c29-20(17-5-6-18(25-23-17)27-8-10-30-11-9-27)22-15-3-1-2-14(12-15)16-4-7-19-24-21-13-28(19)26-16/h1-7,12-13H,8-11H2,(H,22,29). The molecule has 3 aromatic heterocycles. The lowest BCUT2D eigenvalue weighted by Gasteiger charge is -2.27. The minimum absolute atomic E-state index is 0.251. The summed E-state index contributed by atoms with van der Waals surface area (Å²) < 4.78 is 6.95. The molecule has 4 heterocycles. The second-order valence-corrected chi connectivity index (χ2v) is 6.76. The number of carbonyl (C=O) groups is 1. The van der Waals surface area contributed by atoms with Gasteiger partial charge in [-0.3, -0.25) is 4.79 Å². The Labute approximate surface area is 171 Å². The van der Waals surface area contributed by atoms with Gasteiger partial charge in [0.05, 0.1) is 18.9 Å². The summed E-state index contributed by atoms with van der Waals surface area (Å²) in [5.41, 5.74) is 3.16. The van der Waals surface area contributed by atoms with Gasteiger partial charge in [-0.2, -0.15) is 9.61 Å². The van der Waals surface area contributed by atoms with E-state index in [0.717, 1.165) is 30.2 Å². The molecular weight excluding hydrogens is 384 g/mol. The molecule has 150 valence electrons. The summed E-state index contributed by atoms with van der Waals surface area (Å²) in [6, 6.07) is 14.6. The Balaban J connectivity index is 1.31. The maximum absolute atomic E-state index is 12.6. The molecule has 1 saturated heterocycles. The molecule has 10 heteroatoms. The zero-order valence-corrected chi connectivity index (χ0v) is 16.0. The van der Waals surface area contributed by atoms with E-state index in [1.165, 1.54) is 0 Å². The zero-order valence-electron chi connectivity index (χ0n) is 16.0. The van der Waals surface area contributed by atoms with Crippen molar-refractivity contribution in [2.75, 3.05) is 36.5 Å². The number of nitrogens with zero attached hydrogens (tertiary/aromatic N) is 7. The molecular formula is C20H18N8O2. The molecule has 0 saturated carbocycles. The first-order chi connectivity index (χ1) is 14.8. The van der Waals surface area contributed by atoms with Crippen LogP contribution in [-0.4, -0.2) is 62.2 Å². The summed E-state index contributed by atoms with van der Waals surface area (Å²) in [6.45, 7) is 2.86. The van der Waals surface area contributed by atoms with Gasteiger partial charge < -0.3 is 15.0 Å². The van der Waals surface area contributed by atoms with Gasteiger partial charge in [-0.05, 0) is 36.4 Å². The largest absolute Gasteiger partial charge is 0.378 e. The first-order valence-electron chi connectivity index (χ1n) is 9.51. The number of anilines is 2. The number of carbonyl (C=O) groups excluding carboxylic acids is 1. The van der Waals surface area contributed by atoms with E-state index < -0.39 is 0 Å². The predicted octanol–water partition coefficient (Wildman–Crippen LogP) is 1.67. The lowest BCUT2D eigenvalue weighted by molar-refractivity contribution is 0.102. The number of hydrogen-bond donors (Lipinski definition) is 1. The zero-order chi connectivity index (χ0) is 20.3. The van der Waals surface area contributed by atoms with E-state index in [0.29, 0.717) is 24.5 Å². The Morgan fingerprint density at radius 1 is 1.00 bits per heavy atom. The lowest BCUT2D eigenvalue weighted by atomic mass is 10.1. The van der Waals surface area contributed by atoms with E-state index in [1.54, 1.807) is 16.9 Å². The first kappa shape index (κ1) is 18.1. The molecule has 0 aliphatic carbocycles. The fourth-order valence-corrected chi connectivity index (χ4v) is 3.24. The summed E-state index contributed by atoms with van der Waals surface area (Å²) in [6.07, 6.45) is 1.55. The summed E-state index contributed by atoms with van der Waals surface area (Å²) >= 11 is 0. The second-order valence-electron chi connectivity index (χ2n) is 6.76. The number of nitrogens with one attached hydrogen (secondary N) is 1. The second kappa shape index (κ2) is 7.84. The molecule has 1 aliphatic heterocycles. The van der Waals surface area contributed by atoms with Crippen molar-refractivity contribution in [2.24, 2.45) is 0 Å². The topological polar surface area (TPSA) is 110 Å². The molecule has 0 bridgehead atoms. The summed E-state index contributed by atoms with van der Waals surface area (Å²) in [5.74, 6) is 0.419. The third-order valence-corrected chi connectivity index (χ3v) is 4.80. The highest BCUT2D eigenvalue weighted by molar-refractivity contribution is 6.03. The number of aromatic nitrogens is 6. The Morgan fingerprint density at radius 3 is 2.73 bits per heavy atom. The molecule has 1 aliphatic rings. The number of ether oxygens (including phenoxy) is 1. The third-order valence-electron chi connectivity index (χ3n) is 4.80. The highest BCUT2D eigenvalue weighted by atomic mass is 16.5. The Kier molecular flexibility index (Phi) is 4.74. The Hall–Kier alpha value is -3.92. The normalized spacial score (nSPS) is 14.1. The highest BCUT2D eigenvalue weighted by Crippen LogP contribution is 2.21. The summed E-state index contributed by atoms with van der Waals surface area (Å²) in [5, 5.41) is 23.4. The molecule has 5 rings (SSSR count). The predicted molar refractivity (Wildman–Crippen MR) is 109 cm³/mol. The summed E-state index contributed by atoms with van der Waals surface area (Å²) in [7, 11) is 0. The van der Waals surface area contributed by atoms with Crippen LogP contribution in [0.5, 0.6) is 0 Å². The van der Waals surface area contributed by atoms with Gasteiger partial charge in [0.2, 0.25) is 0 Å². The van der Waals surface area contributed by atoms with Crippen LogP contribution >= 0.6 is 0 Å². The number of fused-ring (bicyclic) bond motifs is 1. The van der Waals surface area contributed by atoms with E-state index in [2.05, 4.69) is 35.7 Å². The van der Waals surface area contributed by atoms with Crippen LogP contribution in [0.3, 0.4) is 0 Å². The van der Waals surface area contributed by atoms with Crippen molar-refractivity contribution >= 4 is 23.1 Å². The van der Waals surface area contributed by atoms with Crippen molar-refractivity contribution in [2.45, 2.75) is 0 Å². The molecule has 0 atom stereocenters. The van der Waals surface area contributed by atoms with Gasteiger partial charge in [0, 0.05) is 24.3 Å². The average molecular weight is 402 g/mol. The number of benzene rings is 1. The summed E-state index contributed by atoms with van der Waals surface area (Å²) in [4.78, 5) is 14.7. The van der Waals surface area contributed by atoms with Crippen LogP contribution in [0.1, 0.15) is 10.5 Å². The number of amides is 1. The van der Waals surface area contributed by atoms with Gasteiger partial charge in [0.25, 0.3) is 5.91 Å². The smallest absolute Gasteiger partial charge is 0.276 e. The van der Waals surface area contributed by atoms with Crippen LogP contribution in [0.15, 0.2) is 54.9 Å². The van der Waals surface area contributed by atoms with Crippen molar-refractivity contribution in [3.63, 3.8) is 0 Å². The first-order valence-corrected chi connectivity index (χ1v) is 9.51.